The monoisotopic (exact) mass is 1220 g/mol. The molecule has 8 heteroatoms. The summed E-state index contributed by atoms with van der Waals surface area (Å²) in [6.07, 6.45) is 0. The summed E-state index contributed by atoms with van der Waals surface area (Å²) in [4.78, 5) is 0. The fourth-order valence-corrected chi connectivity index (χ4v) is 8.59. The van der Waals surface area contributed by atoms with Crippen molar-refractivity contribution in [3.63, 3.8) is 0 Å². The minimum absolute atomic E-state index is 0. The molecule has 0 aliphatic heterocycles. The third kappa shape index (κ3) is 20.0. The molecule has 0 aliphatic rings. The first-order valence-corrected chi connectivity index (χ1v) is 36.3. The molecule has 0 radical (unpaired) electrons. The van der Waals surface area contributed by atoms with Gasteiger partial charge >= 0.3 is 83.7 Å². The van der Waals surface area contributed by atoms with Gasteiger partial charge in [0, 0.05) is 0 Å². The fourth-order valence-electron chi connectivity index (χ4n) is 8.59. The molecule has 10 rings (SSSR count). The summed E-state index contributed by atoms with van der Waals surface area (Å²) < 4.78 is 0. The zero-order valence-corrected chi connectivity index (χ0v) is 55.1. The third-order valence-corrected chi connectivity index (χ3v) is 11.4. The summed E-state index contributed by atoms with van der Waals surface area (Å²) in [7, 11) is 0. The van der Waals surface area contributed by atoms with E-state index >= 15 is 0 Å². The van der Waals surface area contributed by atoms with Crippen LogP contribution in [0.5, 0.6) is 0 Å². The van der Waals surface area contributed by atoms with Gasteiger partial charge in [-0.3, -0.25) is 0 Å². The van der Waals surface area contributed by atoms with E-state index in [1.165, 1.54) is 98.7 Å². The van der Waals surface area contributed by atoms with Crippen molar-refractivity contribution in [3.05, 3.63) is 215 Å². The van der Waals surface area contributed by atoms with Crippen LogP contribution in [-0.4, -0.2) is 10.9 Å². The molecule has 0 saturated carbocycles. The Bertz CT molecular complexity index is 2990. The molecular formula is C64H76Cl4Si2Zr2. The van der Waals surface area contributed by atoms with Crippen molar-refractivity contribution in [2.24, 2.45) is 0 Å². The van der Waals surface area contributed by atoms with E-state index < -0.39 is 0 Å². The molecule has 72 heavy (non-hydrogen) atoms. The third-order valence-electron chi connectivity index (χ3n) is 11.4. The summed E-state index contributed by atoms with van der Waals surface area (Å²) in [5.41, 5.74) is 14.4. The van der Waals surface area contributed by atoms with Crippen LogP contribution in [0.4, 0.5) is 0 Å². The second-order valence-electron chi connectivity index (χ2n) is 20.6. The van der Waals surface area contributed by atoms with E-state index in [0.29, 0.717) is 0 Å². The van der Waals surface area contributed by atoms with Crippen LogP contribution in [0.25, 0.3) is 65.3 Å². The molecule has 10 aromatic rings. The van der Waals surface area contributed by atoms with Gasteiger partial charge in [0.15, 0.2) is 0 Å². The van der Waals surface area contributed by atoms with Gasteiger partial charge in [-0.05, 0) is 22.0 Å². The van der Waals surface area contributed by atoms with Crippen LogP contribution < -0.4 is 0 Å². The van der Waals surface area contributed by atoms with E-state index in [2.05, 4.69) is 277 Å². The standard InChI is InChI=1S/2C16H13.2C14H17.2C2H6Si.4ClH.2Zr/c2*1-12-10-14-8-5-9-15(16(14)11-12)13-6-3-2-4-7-13;2*1-10-8-11-6-5-7-13(12(11)9-10)14(2,3)4;2*1-3-2;;;;;;/h2*2-11H,1H3;2*5-9H,1-4H3;2*1-2H3;4*1H;;/q4*-1;;;;;;;2*+2. The molecule has 0 N–H and O–H groups in total. The Labute approximate surface area is 489 Å². The number of aryl methyl sites for hydroxylation is 4. The van der Waals surface area contributed by atoms with Crippen LogP contribution in [0.2, 0.25) is 26.2 Å². The van der Waals surface area contributed by atoms with Gasteiger partial charge in [0.25, 0.3) is 0 Å². The van der Waals surface area contributed by atoms with Crippen molar-refractivity contribution in [1.29, 1.82) is 0 Å². The molecule has 0 nitrogen and oxygen atoms in total. The topological polar surface area (TPSA) is 0 Å². The first kappa shape index (κ1) is 67.1. The average molecular weight is 1230 g/mol. The predicted octanol–water partition coefficient (Wildman–Crippen LogP) is 20.7. The van der Waals surface area contributed by atoms with Crippen molar-refractivity contribution >= 4 is 104 Å². The van der Waals surface area contributed by atoms with Gasteiger partial charge in [-0.2, -0.15) is 24.3 Å². The summed E-state index contributed by atoms with van der Waals surface area (Å²) in [5.74, 6) is 0. The molecule has 0 bridgehead atoms. The molecule has 0 heterocycles. The Morgan fingerprint density at radius 1 is 0.333 bits per heavy atom. The van der Waals surface area contributed by atoms with Crippen molar-refractivity contribution in [1.82, 2.24) is 0 Å². The van der Waals surface area contributed by atoms with Crippen molar-refractivity contribution in [3.8, 4) is 22.3 Å². The quantitative estimate of drug-likeness (QED) is 0.120. The van der Waals surface area contributed by atoms with Crippen LogP contribution in [-0.2, 0) is 57.5 Å². The second-order valence-corrected chi connectivity index (χ2v) is 39.3. The number of hydrogen-bond acceptors (Lipinski definition) is 0. The van der Waals surface area contributed by atoms with E-state index in [1.54, 1.807) is 46.7 Å². The summed E-state index contributed by atoms with van der Waals surface area (Å²) in [6.45, 7) is 31.5. The number of benzene rings is 6. The molecular weight excluding hydrogens is 1150 g/mol. The van der Waals surface area contributed by atoms with Crippen LogP contribution in [0.15, 0.2) is 182 Å². The molecule has 0 amide bonds. The van der Waals surface area contributed by atoms with Crippen LogP contribution in [0, 0.1) is 27.7 Å². The maximum atomic E-state index is 2.31. The van der Waals surface area contributed by atoms with Crippen LogP contribution in [0.3, 0.4) is 0 Å². The van der Waals surface area contributed by atoms with Gasteiger partial charge in [0.05, 0.1) is 0 Å². The average Bonchev–Trinajstić information content (AvgIpc) is 4.06. The molecule has 0 aromatic heterocycles. The van der Waals surface area contributed by atoms with Crippen molar-refractivity contribution in [2.45, 2.75) is 106 Å². The van der Waals surface area contributed by atoms with Crippen molar-refractivity contribution < 1.29 is 46.7 Å². The van der Waals surface area contributed by atoms with Gasteiger partial charge in [0.1, 0.15) is 0 Å². The first-order valence-electron chi connectivity index (χ1n) is 23.9. The number of halogens is 4. The Hall–Kier alpha value is -2.88. The molecule has 376 valence electrons. The maximum absolute atomic E-state index is 2.31. The van der Waals surface area contributed by atoms with E-state index in [-0.39, 0.29) is 71.3 Å². The Balaban J connectivity index is 0.000000449. The van der Waals surface area contributed by atoms with Gasteiger partial charge in [-0.15, -0.1) is 188 Å². The Kier molecular flexibility index (Phi) is 29.1. The molecule has 0 unspecified atom stereocenters. The van der Waals surface area contributed by atoms with Gasteiger partial charge < -0.3 is 0 Å². The SMILES string of the molecule is C[Si](C)=[Zr+2].C[Si](C)=[Zr+2].Cc1cc2c(-c3ccccc3)cccc2[cH-]1.Cc1cc2c(-c3ccccc3)cccc2[cH-]1.Cc1cc2c(C(C)(C)C)cccc2[cH-]1.Cc1cc2c(C(C)(C)C)cccc2[cH-]1.Cl.Cl.Cl.Cl. The molecule has 0 saturated heterocycles. The van der Waals surface area contributed by atoms with Gasteiger partial charge in [0.2, 0.25) is 0 Å². The molecule has 0 atom stereocenters. The minimum Gasteiger partial charge on any atom is -0.165 e. The molecule has 0 spiro atoms. The zero-order valence-electron chi connectivity index (χ0n) is 45.0. The van der Waals surface area contributed by atoms with E-state index in [1.807, 2.05) is 0 Å². The summed E-state index contributed by atoms with van der Waals surface area (Å²) >= 11 is 3.48. The Morgan fingerprint density at radius 2 is 0.569 bits per heavy atom. The number of fused-ring (bicyclic) bond motifs is 4. The normalized spacial score (nSPS) is 10.4. The van der Waals surface area contributed by atoms with E-state index in [9.17, 15) is 0 Å². The molecule has 10 aromatic carbocycles. The summed E-state index contributed by atoms with van der Waals surface area (Å²) in [6, 6.07) is 65.4. The Morgan fingerprint density at radius 3 is 0.833 bits per heavy atom. The predicted molar refractivity (Wildman–Crippen MR) is 329 cm³/mol. The van der Waals surface area contributed by atoms with Crippen LogP contribution >= 0.6 is 49.6 Å². The number of hydrogen-bond donors (Lipinski definition) is 0. The minimum atomic E-state index is 0. The van der Waals surface area contributed by atoms with Gasteiger partial charge in [-0.25, -0.2) is 0 Å². The zero-order chi connectivity index (χ0) is 49.8. The smallest absolute Gasteiger partial charge is 0.0220 e. The van der Waals surface area contributed by atoms with E-state index in [4.69, 9.17) is 0 Å². The van der Waals surface area contributed by atoms with E-state index in [0.717, 1.165) is 0 Å². The van der Waals surface area contributed by atoms with Gasteiger partial charge in [-0.1, -0.05) is 176 Å². The largest absolute Gasteiger partial charge is 0.165 e. The fraction of sp³-hybridized carbons (Fsp3) is 0.250. The van der Waals surface area contributed by atoms with Crippen molar-refractivity contribution in [2.75, 3.05) is 0 Å². The maximum Gasteiger partial charge on any atom is -0.0220 e. The molecule has 0 fully saturated rings. The first-order chi connectivity index (χ1) is 32.1. The van der Waals surface area contributed by atoms with Crippen LogP contribution in [0.1, 0.15) is 74.9 Å². The summed E-state index contributed by atoms with van der Waals surface area (Å²) in [5, 5.41) is 10.9. The second kappa shape index (κ2) is 31.2. The number of rotatable bonds is 2. The molecule has 0 aliphatic carbocycles.